The fraction of sp³-hybridized carbons (Fsp3) is 0.400. The molecule has 1 heterocycles. The summed E-state index contributed by atoms with van der Waals surface area (Å²) in [5.41, 5.74) is 5.06. The third-order valence-corrected chi connectivity index (χ3v) is 5.87. The second kappa shape index (κ2) is 7.28. The van der Waals surface area contributed by atoms with Crippen LogP contribution in [0.25, 0.3) is 0 Å². The van der Waals surface area contributed by atoms with Crippen molar-refractivity contribution in [3.63, 3.8) is 0 Å². The second-order valence-corrected chi connectivity index (χ2v) is 7.67. The number of benzene rings is 1. The van der Waals surface area contributed by atoms with Gasteiger partial charge < -0.3 is 10.1 Å². The minimum Gasteiger partial charge on any atom is -0.483 e. The summed E-state index contributed by atoms with van der Waals surface area (Å²) in [7, 11) is 0. The first-order valence-electron chi connectivity index (χ1n) is 8.54. The van der Waals surface area contributed by atoms with E-state index in [9.17, 15) is 10.1 Å². The number of carbonyl (C=O) groups excluding carboxylic acids is 1. The number of nitrogens with one attached hydrogen (secondary N) is 1. The van der Waals surface area contributed by atoms with Crippen LogP contribution in [-0.4, -0.2) is 12.5 Å². The molecule has 0 saturated carbocycles. The van der Waals surface area contributed by atoms with Crippen molar-refractivity contribution in [1.82, 2.24) is 0 Å². The van der Waals surface area contributed by atoms with E-state index >= 15 is 0 Å². The zero-order chi connectivity index (χ0) is 18.0. The lowest BCUT2D eigenvalue weighted by molar-refractivity contribution is -0.118. The summed E-state index contributed by atoms with van der Waals surface area (Å²) in [6, 6.07) is 6.30. The van der Waals surface area contributed by atoms with E-state index in [0.717, 1.165) is 53.7 Å². The van der Waals surface area contributed by atoms with Crippen molar-refractivity contribution in [3.8, 4) is 11.8 Å². The molecule has 0 bridgehead atoms. The van der Waals surface area contributed by atoms with Gasteiger partial charge in [-0.3, -0.25) is 4.79 Å². The van der Waals surface area contributed by atoms with Crippen LogP contribution in [0.1, 0.15) is 45.5 Å². The highest BCUT2D eigenvalue weighted by atomic mass is 32.1. The standard InChI is InChI=1S/C20H22N2O2S/c1-12-8-13(2)14(3)17(9-12)24-11-19(23)22-20-16(10-21)15-6-4-5-7-18(15)25-20/h8-9H,4-7,11H2,1-3H3,(H,22,23). The van der Waals surface area contributed by atoms with E-state index in [0.29, 0.717) is 10.6 Å². The molecule has 1 aromatic carbocycles. The summed E-state index contributed by atoms with van der Waals surface area (Å²) in [6.07, 6.45) is 4.20. The van der Waals surface area contributed by atoms with Gasteiger partial charge in [0, 0.05) is 4.88 Å². The summed E-state index contributed by atoms with van der Waals surface area (Å²) in [5.74, 6) is 0.507. The Morgan fingerprint density at radius 3 is 2.80 bits per heavy atom. The van der Waals surface area contributed by atoms with Gasteiger partial charge >= 0.3 is 0 Å². The third-order valence-electron chi connectivity index (χ3n) is 4.66. The maximum atomic E-state index is 12.3. The Morgan fingerprint density at radius 2 is 2.04 bits per heavy atom. The normalized spacial score (nSPS) is 13.0. The molecule has 0 saturated heterocycles. The van der Waals surface area contributed by atoms with Crippen molar-refractivity contribution in [2.75, 3.05) is 11.9 Å². The van der Waals surface area contributed by atoms with Gasteiger partial charge in [0.25, 0.3) is 5.91 Å². The van der Waals surface area contributed by atoms with Gasteiger partial charge in [0.1, 0.15) is 16.8 Å². The predicted octanol–water partition coefficient (Wildman–Crippen LogP) is 4.44. The van der Waals surface area contributed by atoms with Gasteiger partial charge in [-0.05, 0) is 74.8 Å². The molecule has 0 spiro atoms. The molecule has 4 nitrogen and oxygen atoms in total. The van der Waals surface area contributed by atoms with Gasteiger partial charge in [0.2, 0.25) is 0 Å². The molecule has 1 amide bonds. The molecule has 5 heteroatoms. The smallest absolute Gasteiger partial charge is 0.262 e. The first-order chi connectivity index (χ1) is 12.0. The number of anilines is 1. The van der Waals surface area contributed by atoms with Crippen molar-refractivity contribution < 1.29 is 9.53 Å². The molecular weight excluding hydrogens is 332 g/mol. The molecule has 25 heavy (non-hydrogen) atoms. The number of hydrogen-bond acceptors (Lipinski definition) is 4. The number of ether oxygens (including phenoxy) is 1. The van der Waals surface area contributed by atoms with Gasteiger partial charge in [0.15, 0.2) is 6.61 Å². The van der Waals surface area contributed by atoms with Crippen LogP contribution in [0.5, 0.6) is 5.75 Å². The molecular formula is C20H22N2O2S. The van der Waals surface area contributed by atoms with Crippen LogP contribution in [-0.2, 0) is 17.6 Å². The van der Waals surface area contributed by atoms with Crippen molar-refractivity contribution in [1.29, 1.82) is 5.26 Å². The number of hydrogen-bond donors (Lipinski definition) is 1. The molecule has 1 N–H and O–H groups in total. The number of aryl methyl sites for hydroxylation is 3. The third kappa shape index (κ3) is 3.69. The quantitative estimate of drug-likeness (QED) is 0.883. The molecule has 130 valence electrons. The number of thiophene rings is 1. The highest BCUT2D eigenvalue weighted by molar-refractivity contribution is 7.16. The first kappa shape index (κ1) is 17.5. The van der Waals surface area contributed by atoms with E-state index < -0.39 is 0 Å². The topological polar surface area (TPSA) is 62.1 Å². The average molecular weight is 354 g/mol. The largest absolute Gasteiger partial charge is 0.483 e. The van der Waals surface area contributed by atoms with Crippen LogP contribution in [0.4, 0.5) is 5.00 Å². The van der Waals surface area contributed by atoms with Crippen molar-refractivity contribution in [3.05, 3.63) is 44.8 Å². The molecule has 3 rings (SSSR count). The van der Waals surface area contributed by atoms with E-state index in [1.165, 1.54) is 16.2 Å². The Bertz CT molecular complexity index is 862. The van der Waals surface area contributed by atoms with E-state index in [1.54, 1.807) is 0 Å². The molecule has 1 aliphatic carbocycles. The van der Waals surface area contributed by atoms with Crippen LogP contribution >= 0.6 is 11.3 Å². The average Bonchev–Trinajstić information content (AvgIpc) is 2.93. The Hall–Kier alpha value is -2.32. The second-order valence-electron chi connectivity index (χ2n) is 6.57. The Kier molecular flexibility index (Phi) is 5.10. The summed E-state index contributed by atoms with van der Waals surface area (Å²) in [6.45, 7) is 5.97. The number of carbonyl (C=O) groups is 1. The minimum atomic E-state index is -0.228. The van der Waals surface area contributed by atoms with Gasteiger partial charge in [0.05, 0.1) is 5.56 Å². The van der Waals surface area contributed by atoms with E-state index in [1.807, 2.05) is 26.8 Å². The molecule has 0 atom stereocenters. The van der Waals surface area contributed by atoms with E-state index in [4.69, 9.17) is 4.74 Å². The lowest BCUT2D eigenvalue weighted by atomic mass is 9.96. The van der Waals surface area contributed by atoms with E-state index in [-0.39, 0.29) is 12.5 Å². The Balaban J connectivity index is 1.70. The van der Waals surface area contributed by atoms with Crippen LogP contribution in [0.2, 0.25) is 0 Å². The van der Waals surface area contributed by atoms with Crippen LogP contribution in [0, 0.1) is 32.1 Å². The van der Waals surface area contributed by atoms with Gasteiger partial charge in [-0.25, -0.2) is 0 Å². The molecule has 1 aliphatic rings. The van der Waals surface area contributed by atoms with Gasteiger partial charge in [-0.1, -0.05) is 6.07 Å². The Labute approximate surface area is 152 Å². The highest BCUT2D eigenvalue weighted by Gasteiger charge is 2.21. The molecule has 0 unspecified atom stereocenters. The van der Waals surface area contributed by atoms with Crippen molar-refractivity contribution in [2.45, 2.75) is 46.5 Å². The van der Waals surface area contributed by atoms with E-state index in [2.05, 4.69) is 17.5 Å². The maximum absolute atomic E-state index is 12.3. The molecule has 0 radical (unpaired) electrons. The van der Waals surface area contributed by atoms with Crippen LogP contribution in [0.3, 0.4) is 0 Å². The SMILES string of the molecule is Cc1cc(C)c(C)c(OCC(=O)Nc2sc3c(c2C#N)CCCC3)c1. The maximum Gasteiger partial charge on any atom is 0.262 e. The number of nitriles is 1. The summed E-state index contributed by atoms with van der Waals surface area (Å²) in [4.78, 5) is 13.5. The molecule has 1 aromatic heterocycles. The Morgan fingerprint density at radius 1 is 1.28 bits per heavy atom. The molecule has 0 fully saturated rings. The summed E-state index contributed by atoms with van der Waals surface area (Å²) >= 11 is 1.53. The number of nitrogens with zero attached hydrogens (tertiary/aromatic N) is 1. The zero-order valence-electron chi connectivity index (χ0n) is 14.9. The van der Waals surface area contributed by atoms with Crippen molar-refractivity contribution >= 4 is 22.2 Å². The number of rotatable bonds is 4. The van der Waals surface area contributed by atoms with Gasteiger partial charge in [-0.2, -0.15) is 5.26 Å². The number of amides is 1. The first-order valence-corrected chi connectivity index (χ1v) is 9.36. The predicted molar refractivity (Wildman–Crippen MR) is 100 cm³/mol. The van der Waals surface area contributed by atoms with Crippen LogP contribution in [0.15, 0.2) is 12.1 Å². The van der Waals surface area contributed by atoms with Gasteiger partial charge in [-0.15, -0.1) is 11.3 Å². The molecule has 0 aliphatic heterocycles. The summed E-state index contributed by atoms with van der Waals surface area (Å²) < 4.78 is 5.72. The fourth-order valence-corrected chi connectivity index (χ4v) is 4.48. The monoisotopic (exact) mass is 354 g/mol. The summed E-state index contributed by atoms with van der Waals surface area (Å²) in [5, 5.41) is 13.0. The fourth-order valence-electron chi connectivity index (χ4n) is 3.23. The van der Waals surface area contributed by atoms with Crippen molar-refractivity contribution in [2.24, 2.45) is 0 Å². The van der Waals surface area contributed by atoms with Crippen LogP contribution < -0.4 is 10.1 Å². The highest BCUT2D eigenvalue weighted by Crippen LogP contribution is 2.37. The number of fused-ring (bicyclic) bond motifs is 1. The zero-order valence-corrected chi connectivity index (χ0v) is 15.7. The molecule has 2 aromatic rings. The lowest BCUT2D eigenvalue weighted by Crippen LogP contribution is -2.20. The lowest BCUT2D eigenvalue weighted by Gasteiger charge is -2.12. The minimum absolute atomic E-state index is 0.0584.